The highest BCUT2D eigenvalue weighted by Crippen LogP contribution is 2.30. The topological polar surface area (TPSA) is 79.9 Å². The van der Waals surface area contributed by atoms with Crippen molar-refractivity contribution in [2.75, 3.05) is 13.2 Å². The Morgan fingerprint density at radius 1 is 1.31 bits per heavy atom. The first-order valence-corrected chi connectivity index (χ1v) is 9.57. The Bertz CT molecular complexity index is 842. The second-order valence-electron chi connectivity index (χ2n) is 6.33. The Morgan fingerprint density at radius 2 is 2.19 bits per heavy atom. The van der Waals surface area contributed by atoms with Crippen LogP contribution in [-0.4, -0.2) is 34.3 Å². The number of amides is 1. The van der Waals surface area contributed by atoms with Crippen molar-refractivity contribution in [3.63, 3.8) is 0 Å². The van der Waals surface area contributed by atoms with Crippen molar-refractivity contribution < 1.29 is 9.53 Å². The van der Waals surface area contributed by atoms with Crippen molar-refractivity contribution in [1.29, 1.82) is 0 Å². The molecular formula is C19H20N4O2S. The number of hydrogen-bond acceptors (Lipinski definition) is 5. The predicted octanol–water partition coefficient (Wildman–Crippen LogP) is 3.43. The van der Waals surface area contributed by atoms with Crippen LogP contribution in [-0.2, 0) is 4.74 Å². The quantitative estimate of drug-likeness (QED) is 0.723. The molecule has 1 aliphatic rings. The van der Waals surface area contributed by atoms with Gasteiger partial charge in [-0.25, -0.2) is 0 Å². The van der Waals surface area contributed by atoms with E-state index >= 15 is 0 Å². The van der Waals surface area contributed by atoms with E-state index in [2.05, 4.69) is 20.5 Å². The number of carbonyl (C=O) groups is 1. The number of rotatable bonds is 5. The van der Waals surface area contributed by atoms with Crippen LogP contribution in [0.5, 0.6) is 0 Å². The Morgan fingerprint density at radius 3 is 2.92 bits per heavy atom. The molecule has 3 aromatic rings. The molecule has 3 aromatic heterocycles. The van der Waals surface area contributed by atoms with E-state index in [1.54, 1.807) is 23.6 Å². The summed E-state index contributed by atoms with van der Waals surface area (Å²) in [5.74, 6) is 0.150. The molecule has 7 heteroatoms. The largest absolute Gasteiger partial charge is 0.381 e. The van der Waals surface area contributed by atoms with Gasteiger partial charge in [0.25, 0.3) is 5.91 Å². The van der Waals surface area contributed by atoms with E-state index in [4.69, 9.17) is 4.74 Å². The van der Waals surface area contributed by atoms with Gasteiger partial charge in [0.1, 0.15) is 0 Å². The third-order valence-electron chi connectivity index (χ3n) is 4.66. The lowest BCUT2D eigenvalue weighted by atomic mass is 9.87. The van der Waals surface area contributed by atoms with Crippen LogP contribution in [0.2, 0.25) is 0 Å². The normalized spacial score (nSPS) is 16.3. The standard InChI is InChI=1S/C19H20N4O2S/c24-19(16-11-15(22-23-16)17-4-2-10-26-17)21-18(13-5-8-25-9-6-13)14-3-1-7-20-12-14/h1-4,7,10-13,18H,5-6,8-9H2,(H,21,24)(H,22,23). The van der Waals surface area contributed by atoms with Gasteiger partial charge in [-0.1, -0.05) is 12.1 Å². The molecule has 0 saturated carbocycles. The van der Waals surface area contributed by atoms with Gasteiger partial charge < -0.3 is 10.1 Å². The molecule has 0 radical (unpaired) electrons. The van der Waals surface area contributed by atoms with Gasteiger partial charge >= 0.3 is 0 Å². The maximum atomic E-state index is 12.8. The maximum Gasteiger partial charge on any atom is 0.272 e. The summed E-state index contributed by atoms with van der Waals surface area (Å²) in [4.78, 5) is 18.1. The molecule has 2 N–H and O–H groups in total. The summed E-state index contributed by atoms with van der Waals surface area (Å²) in [7, 11) is 0. The summed E-state index contributed by atoms with van der Waals surface area (Å²) < 4.78 is 5.48. The molecule has 6 nitrogen and oxygen atoms in total. The molecule has 1 atom stereocenters. The second-order valence-corrected chi connectivity index (χ2v) is 7.28. The van der Waals surface area contributed by atoms with Crippen LogP contribution < -0.4 is 5.32 Å². The molecule has 4 heterocycles. The van der Waals surface area contributed by atoms with Crippen LogP contribution in [0.1, 0.15) is 34.9 Å². The lowest BCUT2D eigenvalue weighted by Crippen LogP contribution is -2.36. The van der Waals surface area contributed by atoms with Crippen molar-refractivity contribution in [2.45, 2.75) is 18.9 Å². The zero-order valence-corrected chi connectivity index (χ0v) is 15.0. The second kappa shape index (κ2) is 7.80. The first-order chi connectivity index (χ1) is 12.8. The number of nitrogens with one attached hydrogen (secondary N) is 2. The number of aromatic nitrogens is 3. The number of thiophene rings is 1. The number of carbonyl (C=O) groups excluding carboxylic acids is 1. The fraction of sp³-hybridized carbons (Fsp3) is 0.316. The molecule has 0 bridgehead atoms. The van der Waals surface area contributed by atoms with Gasteiger partial charge in [0.15, 0.2) is 5.69 Å². The summed E-state index contributed by atoms with van der Waals surface area (Å²) >= 11 is 1.61. The molecule has 0 spiro atoms. The van der Waals surface area contributed by atoms with Crippen LogP contribution >= 0.6 is 11.3 Å². The van der Waals surface area contributed by atoms with E-state index in [1.807, 2.05) is 35.8 Å². The Hall–Kier alpha value is -2.51. The SMILES string of the molecule is O=C(NC(c1cccnc1)C1CCOCC1)c1cc(-c2cccs2)[nH]n1. The summed E-state index contributed by atoms with van der Waals surface area (Å²) in [5.41, 5.74) is 2.27. The van der Waals surface area contributed by atoms with Crippen molar-refractivity contribution in [2.24, 2.45) is 5.92 Å². The first kappa shape index (κ1) is 16.9. The molecule has 26 heavy (non-hydrogen) atoms. The average molecular weight is 368 g/mol. The zero-order valence-electron chi connectivity index (χ0n) is 14.2. The highest BCUT2D eigenvalue weighted by Gasteiger charge is 2.28. The van der Waals surface area contributed by atoms with E-state index in [-0.39, 0.29) is 11.9 Å². The Balaban J connectivity index is 1.54. The predicted molar refractivity (Wildman–Crippen MR) is 99.9 cm³/mol. The van der Waals surface area contributed by atoms with Gasteiger partial charge in [0, 0.05) is 25.6 Å². The minimum absolute atomic E-state index is 0.0954. The number of aromatic amines is 1. The monoisotopic (exact) mass is 368 g/mol. The van der Waals surface area contributed by atoms with Crippen molar-refractivity contribution in [3.8, 4) is 10.6 Å². The number of H-pyrrole nitrogens is 1. The van der Waals surface area contributed by atoms with Crippen molar-refractivity contribution in [3.05, 3.63) is 59.4 Å². The van der Waals surface area contributed by atoms with Gasteiger partial charge in [-0.15, -0.1) is 11.3 Å². The summed E-state index contributed by atoms with van der Waals surface area (Å²) in [6.45, 7) is 1.45. The molecule has 134 valence electrons. The number of pyridine rings is 1. The van der Waals surface area contributed by atoms with Gasteiger partial charge in [0.2, 0.25) is 0 Å². The van der Waals surface area contributed by atoms with Crippen LogP contribution in [0, 0.1) is 5.92 Å². The minimum Gasteiger partial charge on any atom is -0.381 e. The smallest absolute Gasteiger partial charge is 0.272 e. The molecule has 4 rings (SSSR count). The van der Waals surface area contributed by atoms with Crippen molar-refractivity contribution in [1.82, 2.24) is 20.5 Å². The van der Waals surface area contributed by atoms with E-state index in [9.17, 15) is 4.79 Å². The Kier molecular flexibility index (Phi) is 5.08. The van der Waals surface area contributed by atoms with Crippen LogP contribution in [0.25, 0.3) is 10.6 Å². The molecule has 0 aromatic carbocycles. The van der Waals surface area contributed by atoms with Crippen LogP contribution in [0.3, 0.4) is 0 Å². The van der Waals surface area contributed by atoms with Crippen LogP contribution in [0.15, 0.2) is 48.1 Å². The highest BCUT2D eigenvalue weighted by atomic mass is 32.1. The maximum absolute atomic E-state index is 12.8. The number of nitrogens with zero attached hydrogens (tertiary/aromatic N) is 2. The van der Waals surface area contributed by atoms with E-state index < -0.39 is 0 Å². The third kappa shape index (κ3) is 3.68. The molecule has 1 saturated heterocycles. The fourth-order valence-corrected chi connectivity index (χ4v) is 3.99. The lowest BCUT2D eigenvalue weighted by Gasteiger charge is -2.31. The zero-order chi connectivity index (χ0) is 17.8. The van der Waals surface area contributed by atoms with Gasteiger partial charge in [-0.3, -0.25) is 14.9 Å². The molecule has 1 amide bonds. The van der Waals surface area contributed by atoms with Gasteiger partial charge in [0.05, 0.1) is 16.6 Å². The summed E-state index contributed by atoms with van der Waals surface area (Å²) in [6, 6.07) is 9.59. The lowest BCUT2D eigenvalue weighted by molar-refractivity contribution is 0.0513. The van der Waals surface area contributed by atoms with Gasteiger partial charge in [-0.05, 0) is 47.9 Å². The molecule has 1 aliphatic heterocycles. The first-order valence-electron chi connectivity index (χ1n) is 8.69. The number of ether oxygens (including phenoxy) is 1. The molecular weight excluding hydrogens is 348 g/mol. The van der Waals surface area contributed by atoms with E-state index in [1.165, 1.54) is 0 Å². The fourth-order valence-electron chi connectivity index (χ4n) is 3.29. The minimum atomic E-state index is -0.176. The summed E-state index contributed by atoms with van der Waals surface area (Å²) in [5, 5.41) is 12.3. The molecule has 1 fully saturated rings. The Labute approximate surface area is 155 Å². The van der Waals surface area contributed by atoms with Gasteiger partial charge in [-0.2, -0.15) is 5.10 Å². The highest BCUT2D eigenvalue weighted by molar-refractivity contribution is 7.13. The van der Waals surface area contributed by atoms with Crippen LogP contribution in [0.4, 0.5) is 0 Å². The molecule has 0 aliphatic carbocycles. The third-order valence-corrected chi connectivity index (χ3v) is 5.57. The number of hydrogen-bond donors (Lipinski definition) is 2. The van der Waals surface area contributed by atoms with E-state index in [0.29, 0.717) is 11.6 Å². The van der Waals surface area contributed by atoms with E-state index in [0.717, 1.165) is 42.2 Å². The summed E-state index contributed by atoms with van der Waals surface area (Å²) in [6.07, 6.45) is 5.40. The molecule has 1 unspecified atom stereocenters. The average Bonchev–Trinajstić information content (AvgIpc) is 3.39. The van der Waals surface area contributed by atoms with Crippen molar-refractivity contribution >= 4 is 17.2 Å².